The lowest BCUT2D eigenvalue weighted by Gasteiger charge is -2.23. The zero-order chi connectivity index (χ0) is 15.8. The Balaban J connectivity index is 2.35. The highest BCUT2D eigenvalue weighted by atomic mass is 16.6. The summed E-state index contributed by atoms with van der Waals surface area (Å²) in [4.78, 5) is 25.0. The van der Waals surface area contributed by atoms with Gasteiger partial charge in [0.05, 0.1) is 18.6 Å². The fourth-order valence-corrected chi connectivity index (χ4v) is 2.60. The second-order valence-corrected chi connectivity index (χ2v) is 6.21. The van der Waals surface area contributed by atoms with E-state index in [2.05, 4.69) is 6.92 Å². The molecule has 5 heteroatoms. The van der Waals surface area contributed by atoms with E-state index in [1.54, 1.807) is 0 Å². The highest BCUT2D eigenvalue weighted by Crippen LogP contribution is 2.21. The van der Waals surface area contributed by atoms with Gasteiger partial charge in [0, 0.05) is 0 Å². The maximum atomic E-state index is 12.2. The fraction of sp³-hybridized carbons (Fsp3) is 0.875. The number of amides is 2. The summed E-state index contributed by atoms with van der Waals surface area (Å²) in [7, 11) is 0. The molecule has 0 unspecified atom stereocenters. The van der Waals surface area contributed by atoms with Crippen LogP contribution in [0.5, 0.6) is 0 Å². The lowest BCUT2D eigenvalue weighted by molar-refractivity contribution is -0.131. The van der Waals surface area contributed by atoms with Gasteiger partial charge in [0.1, 0.15) is 6.61 Å². The summed E-state index contributed by atoms with van der Waals surface area (Å²) in [6.45, 7) is 6.33. The predicted octanol–water partition coefficient (Wildman–Crippen LogP) is 3.10. The van der Waals surface area contributed by atoms with E-state index in [9.17, 15) is 14.7 Å². The number of hydrogen-bond acceptors (Lipinski definition) is 4. The lowest BCUT2D eigenvalue weighted by Crippen LogP contribution is -2.42. The van der Waals surface area contributed by atoms with Crippen molar-refractivity contribution in [2.75, 3.05) is 6.61 Å². The van der Waals surface area contributed by atoms with Crippen LogP contribution in [0.1, 0.15) is 65.7 Å². The predicted molar refractivity (Wildman–Crippen MR) is 80.8 cm³/mol. The first kappa shape index (κ1) is 18.0. The number of aliphatic hydroxyl groups is 1. The highest BCUT2D eigenvalue weighted by Gasteiger charge is 2.39. The Morgan fingerprint density at radius 3 is 2.62 bits per heavy atom. The Morgan fingerprint density at radius 2 is 2.00 bits per heavy atom. The first-order valence-corrected chi connectivity index (χ1v) is 8.14. The van der Waals surface area contributed by atoms with E-state index in [1.165, 1.54) is 24.2 Å². The van der Waals surface area contributed by atoms with Crippen molar-refractivity contribution in [1.29, 1.82) is 0 Å². The molecule has 1 N–H and O–H groups in total. The standard InChI is InChI=1S/C16H29NO4/c1-4-5-6-7-8-9-13(18)10-15(19)17-14(12(2)3)11-21-16(17)20/h12-14,18H,4-11H2,1-3H3/t13-,14+/m0/s1. The molecule has 0 aromatic carbocycles. The number of nitrogens with zero attached hydrogens (tertiary/aromatic N) is 1. The molecule has 122 valence electrons. The van der Waals surface area contributed by atoms with Crippen molar-refractivity contribution < 1.29 is 19.4 Å². The van der Waals surface area contributed by atoms with Crippen molar-refractivity contribution in [3.05, 3.63) is 0 Å². The number of aliphatic hydroxyl groups excluding tert-OH is 1. The molecule has 1 aliphatic heterocycles. The van der Waals surface area contributed by atoms with Gasteiger partial charge >= 0.3 is 6.09 Å². The molecule has 0 spiro atoms. The number of hydrogen-bond donors (Lipinski definition) is 1. The van der Waals surface area contributed by atoms with E-state index in [4.69, 9.17) is 4.74 Å². The van der Waals surface area contributed by atoms with E-state index in [1.807, 2.05) is 13.8 Å². The van der Waals surface area contributed by atoms with Gasteiger partial charge in [-0.1, -0.05) is 52.9 Å². The van der Waals surface area contributed by atoms with Crippen molar-refractivity contribution in [2.45, 2.75) is 77.9 Å². The molecule has 5 nitrogen and oxygen atoms in total. The summed E-state index contributed by atoms with van der Waals surface area (Å²) in [5.41, 5.74) is 0. The number of carbonyl (C=O) groups excluding carboxylic acids is 2. The Bertz CT molecular complexity index is 343. The molecule has 1 heterocycles. The molecule has 1 fully saturated rings. The molecule has 0 radical (unpaired) electrons. The molecule has 0 aromatic rings. The fourth-order valence-electron chi connectivity index (χ4n) is 2.60. The van der Waals surface area contributed by atoms with E-state index in [0.29, 0.717) is 6.42 Å². The van der Waals surface area contributed by atoms with Gasteiger partial charge in [-0.2, -0.15) is 0 Å². The normalized spacial score (nSPS) is 20.0. The van der Waals surface area contributed by atoms with E-state index in [-0.39, 0.29) is 30.9 Å². The first-order valence-electron chi connectivity index (χ1n) is 8.14. The molecule has 2 amide bonds. The van der Waals surface area contributed by atoms with Crippen LogP contribution in [0.3, 0.4) is 0 Å². The monoisotopic (exact) mass is 299 g/mol. The van der Waals surface area contributed by atoms with Crippen molar-refractivity contribution in [3.8, 4) is 0 Å². The Labute approximate surface area is 127 Å². The second-order valence-electron chi connectivity index (χ2n) is 6.21. The topological polar surface area (TPSA) is 66.8 Å². The minimum atomic E-state index is -0.666. The van der Waals surface area contributed by atoms with Crippen molar-refractivity contribution in [2.24, 2.45) is 5.92 Å². The number of ether oxygens (including phenoxy) is 1. The van der Waals surface area contributed by atoms with Gasteiger partial charge in [-0.3, -0.25) is 4.79 Å². The minimum absolute atomic E-state index is 0.00605. The summed E-state index contributed by atoms with van der Waals surface area (Å²) >= 11 is 0. The number of rotatable bonds is 9. The summed E-state index contributed by atoms with van der Waals surface area (Å²) in [5.74, 6) is -0.163. The zero-order valence-electron chi connectivity index (χ0n) is 13.5. The molecule has 1 rings (SSSR count). The number of imide groups is 1. The van der Waals surface area contributed by atoms with Crippen molar-refractivity contribution in [1.82, 2.24) is 4.90 Å². The average Bonchev–Trinajstić information content (AvgIpc) is 2.80. The Morgan fingerprint density at radius 1 is 1.33 bits per heavy atom. The smallest absolute Gasteiger partial charge is 0.416 e. The zero-order valence-corrected chi connectivity index (χ0v) is 13.5. The van der Waals surface area contributed by atoms with Crippen LogP contribution in [0, 0.1) is 5.92 Å². The van der Waals surface area contributed by atoms with Gasteiger partial charge in [0.25, 0.3) is 0 Å². The molecular weight excluding hydrogens is 270 g/mol. The molecule has 2 atom stereocenters. The van der Waals surface area contributed by atoms with Crippen LogP contribution in [0.4, 0.5) is 4.79 Å². The van der Waals surface area contributed by atoms with Crippen molar-refractivity contribution in [3.63, 3.8) is 0 Å². The van der Waals surface area contributed by atoms with Gasteiger partial charge in [-0.05, 0) is 12.3 Å². The minimum Gasteiger partial charge on any atom is -0.447 e. The van der Waals surface area contributed by atoms with E-state index < -0.39 is 12.2 Å². The SMILES string of the molecule is CCCCCCC[C@H](O)CC(=O)N1C(=O)OC[C@@H]1C(C)C. The van der Waals surface area contributed by atoms with Crippen molar-refractivity contribution >= 4 is 12.0 Å². The molecule has 0 aromatic heterocycles. The summed E-state index contributed by atoms with van der Waals surface area (Å²) in [6, 6.07) is -0.207. The highest BCUT2D eigenvalue weighted by molar-refractivity contribution is 5.93. The van der Waals surface area contributed by atoms with E-state index >= 15 is 0 Å². The Hall–Kier alpha value is -1.10. The molecule has 0 bridgehead atoms. The third kappa shape index (κ3) is 5.65. The number of cyclic esters (lactones) is 1. The van der Waals surface area contributed by atoms with Crippen LogP contribution in [0.25, 0.3) is 0 Å². The largest absolute Gasteiger partial charge is 0.447 e. The third-order valence-electron chi connectivity index (χ3n) is 4.00. The van der Waals surface area contributed by atoms with Crippen LogP contribution >= 0.6 is 0 Å². The lowest BCUT2D eigenvalue weighted by atomic mass is 10.0. The molecule has 0 saturated carbocycles. The van der Waals surface area contributed by atoms with Gasteiger partial charge in [0.15, 0.2) is 0 Å². The number of unbranched alkanes of at least 4 members (excludes halogenated alkanes) is 4. The third-order valence-corrected chi connectivity index (χ3v) is 4.00. The van der Waals surface area contributed by atoms with Crippen LogP contribution < -0.4 is 0 Å². The van der Waals surface area contributed by atoms with Gasteiger partial charge < -0.3 is 9.84 Å². The maximum Gasteiger partial charge on any atom is 0.416 e. The van der Waals surface area contributed by atoms with Crippen LogP contribution in [-0.4, -0.2) is 40.8 Å². The summed E-state index contributed by atoms with van der Waals surface area (Å²) in [6.07, 6.45) is 4.96. The van der Waals surface area contributed by atoms with Crippen LogP contribution in [0.2, 0.25) is 0 Å². The van der Waals surface area contributed by atoms with Crippen LogP contribution in [0.15, 0.2) is 0 Å². The van der Waals surface area contributed by atoms with E-state index in [0.717, 1.165) is 12.8 Å². The van der Waals surface area contributed by atoms with Gasteiger partial charge in [-0.25, -0.2) is 9.69 Å². The number of carbonyl (C=O) groups is 2. The molecule has 0 aliphatic carbocycles. The van der Waals surface area contributed by atoms with Gasteiger partial charge in [-0.15, -0.1) is 0 Å². The quantitative estimate of drug-likeness (QED) is 0.664. The molecule has 1 aliphatic rings. The van der Waals surface area contributed by atoms with Gasteiger partial charge in [0.2, 0.25) is 5.91 Å². The molecular formula is C16H29NO4. The summed E-state index contributed by atoms with van der Waals surface area (Å²) < 4.78 is 4.95. The Kier molecular flexibility index (Phi) is 7.72. The maximum absolute atomic E-state index is 12.2. The second kappa shape index (κ2) is 9.03. The molecule has 1 saturated heterocycles. The first-order chi connectivity index (χ1) is 9.97. The average molecular weight is 299 g/mol. The van der Waals surface area contributed by atoms with Crippen LogP contribution in [-0.2, 0) is 9.53 Å². The molecule has 21 heavy (non-hydrogen) atoms. The summed E-state index contributed by atoms with van der Waals surface area (Å²) in [5, 5.41) is 9.95.